The normalized spacial score (nSPS) is 20.3. The Labute approximate surface area is 133 Å². The van der Waals surface area contributed by atoms with E-state index in [1.165, 1.54) is 6.92 Å². The van der Waals surface area contributed by atoms with Crippen molar-refractivity contribution in [3.05, 3.63) is 41.5 Å². The van der Waals surface area contributed by atoms with Crippen molar-refractivity contribution in [3.63, 3.8) is 0 Å². The maximum absolute atomic E-state index is 11.7. The maximum atomic E-state index is 11.7. The predicted molar refractivity (Wildman–Crippen MR) is 82.5 cm³/mol. The van der Waals surface area contributed by atoms with Crippen LogP contribution in [0.15, 0.2) is 28.8 Å². The highest BCUT2D eigenvalue weighted by molar-refractivity contribution is 5.74. The average molecular weight is 311 g/mol. The molecular formula is C16H17N5O2. The zero-order valence-corrected chi connectivity index (χ0v) is 13.0. The summed E-state index contributed by atoms with van der Waals surface area (Å²) in [7, 11) is 0. The molecule has 1 fully saturated rings. The van der Waals surface area contributed by atoms with E-state index in [1.54, 1.807) is 19.1 Å². The van der Waals surface area contributed by atoms with Gasteiger partial charge >= 0.3 is 0 Å². The molecule has 3 rings (SSSR count). The quantitative estimate of drug-likeness (QED) is 0.922. The van der Waals surface area contributed by atoms with Gasteiger partial charge in [-0.15, -0.1) is 0 Å². The Morgan fingerprint density at radius 2 is 2.17 bits per heavy atom. The second-order valence-corrected chi connectivity index (χ2v) is 5.73. The van der Waals surface area contributed by atoms with Crippen molar-refractivity contribution in [2.75, 3.05) is 18.0 Å². The number of anilines is 1. The van der Waals surface area contributed by atoms with E-state index in [9.17, 15) is 4.79 Å². The third-order valence-corrected chi connectivity index (χ3v) is 4.00. The minimum absolute atomic E-state index is 0.130. The van der Waals surface area contributed by atoms with E-state index in [-0.39, 0.29) is 5.91 Å². The third kappa shape index (κ3) is 2.88. The summed E-state index contributed by atoms with van der Waals surface area (Å²) >= 11 is 0. The van der Waals surface area contributed by atoms with Crippen LogP contribution in [-0.4, -0.2) is 29.1 Å². The highest BCUT2D eigenvalue weighted by Gasteiger charge is 2.44. The van der Waals surface area contributed by atoms with Gasteiger partial charge in [0.1, 0.15) is 5.54 Å². The number of hydrogen-bond donors (Lipinski definition) is 1. The fraction of sp³-hybridized carbons (Fsp3) is 0.375. The SMILES string of the molecule is CC(=O)N[C@@]1(c2noc(C)n2)CCN(c2ccc(C#N)cc2)C1. The van der Waals surface area contributed by atoms with Crippen LogP contribution in [0.1, 0.15) is 30.6 Å². The Balaban J connectivity index is 1.88. The van der Waals surface area contributed by atoms with Gasteiger partial charge in [-0.1, -0.05) is 5.16 Å². The number of carbonyl (C=O) groups is 1. The summed E-state index contributed by atoms with van der Waals surface area (Å²) < 4.78 is 5.09. The summed E-state index contributed by atoms with van der Waals surface area (Å²) in [5.74, 6) is 0.844. The summed E-state index contributed by atoms with van der Waals surface area (Å²) in [6.07, 6.45) is 0.686. The molecule has 1 saturated heterocycles. The van der Waals surface area contributed by atoms with Crippen LogP contribution in [-0.2, 0) is 10.3 Å². The van der Waals surface area contributed by atoms with Crippen molar-refractivity contribution in [1.29, 1.82) is 5.26 Å². The Kier molecular flexibility index (Phi) is 3.74. The van der Waals surface area contributed by atoms with Crippen LogP contribution in [0.3, 0.4) is 0 Å². The van der Waals surface area contributed by atoms with Gasteiger partial charge in [0.2, 0.25) is 11.8 Å². The molecule has 0 spiro atoms. The van der Waals surface area contributed by atoms with E-state index < -0.39 is 5.54 Å². The number of benzene rings is 1. The number of aromatic nitrogens is 2. The van der Waals surface area contributed by atoms with Crippen molar-refractivity contribution < 1.29 is 9.32 Å². The number of hydrogen-bond acceptors (Lipinski definition) is 6. The fourth-order valence-electron chi connectivity index (χ4n) is 2.95. The largest absolute Gasteiger partial charge is 0.369 e. The Hall–Kier alpha value is -2.88. The summed E-state index contributed by atoms with van der Waals surface area (Å²) in [4.78, 5) is 18.1. The van der Waals surface area contributed by atoms with E-state index in [4.69, 9.17) is 9.78 Å². The van der Waals surface area contributed by atoms with Crippen molar-refractivity contribution in [2.45, 2.75) is 25.8 Å². The van der Waals surface area contributed by atoms with E-state index in [0.717, 1.165) is 12.2 Å². The van der Waals surface area contributed by atoms with Crippen LogP contribution in [0.2, 0.25) is 0 Å². The zero-order valence-electron chi connectivity index (χ0n) is 13.0. The highest BCUT2D eigenvalue weighted by Crippen LogP contribution is 2.33. The minimum atomic E-state index is -0.655. The third-order valence-electron chi connectivity index (χ3n) is 4.00. The molecule has 1 aromatic heterocycles. The van der Waals surface area contributed by atoms with Gasteiger partial charge in [0, 0.05) is 32.6 Å². The van der Waals surface area contributed by atoms with Gasteiger partial charge in [0.05, 0.1) is 11.6 Å². The molecule has 7 nitrogen and oxygen atoms in total. The lowest BCUT2D eigenvalue weighted by Gasteiger charge is -2.27. The van der Waals surface area contributed by atoms with E-state index in [1.807, 2.05) is 12.1 Å². The number of amides is 1. The van der Waals surface area contributed by atoms with Crippen LogP contribution < -0.4 is 10.2 Å². The second kappa shape index (κ2) is 5.72. The van der Waals surface area contributed by atoms with Gasteiger partial charge in [-0.25, -0.2) is 0 Å². The van der Waals surface area contributed by atoms with Crippen LogP contribution in [0.5, 0.6) is 0 Å². The Morgan fingerprint density at radius 1 is 1.43 bits per heavy atom. The molecule has 0 radical (unpaired) electrons. The van der Waals surface area contributed by atoms with E-state index >= 15 is 0 Å². The lowest BCUT2D eigenvalue weighted by atomic mass is 9.97. The first-order chi connectivity index (χ1) is 11.0. The number of aryl methyl sites for hydroxylation is 1. The number of nitrogens with zero attached hydrogens (tertiary/aromatic N) is 4. The average Bonchev–Trinajstić information content (AvgIpc) is 3.14. The van der Waals surface area contributed by atoms with E-state index in [0.29, 0.717) is 30.2 Å². The molecule has 1 aliphatic heterocycles. The lowest BCUT2D eigenvalue weighted by molar-refractivity contribution is -0.120. The molecule has 0 bridgehead atoms. The number of rotatable bonds is 3. The van der Waals surface area contributed by atoms with Crippen molar-refractivity contribution in [3.8, 4) is 6.07 Å². The molecule has 118 valence electrons. The topological polar surface area (TPSA) is 95.1 Å². The van der Waals surface area contributed by atoms with Crippen LogP contribution >= 0.6 is 0 Å². The van der Waals surface area contributed by atoms with Crippen molar-refractivity contribution in [1.82, 2.24) is 15.5 Å². The van der Waals surface area contributed by atoms with E-state index in [2.05, 4.69) is 26.4 Å². The minimum Gasteiger partial charge on any atom is -0.369 e. The van der Waals surface area contributed by atoms with Crippen LogP contribution in [0.25, 0.3) is 0 Å². The summed E-state index contributed by atoms with van der Waals surface area (Å²) in [5.41, 5.74) is 0.962. The first-order valence-electron chi connectivity index (χ1n) is 7.37. The first kappa shape index (κ1) is 15.0. The van der Waals surface area contributed by atoms with Crippen LogP contribution in [0.4, 0.5) is 5.69 Å². The summed E-state index contributed by atoms with van der Waals surface area (Å²) in [6, 6.07) is 9.49. The molecule has 0 unspecified atom stereocenters. The molecule has 23 heavy (non-hydrogen) atoms. The Bertz CT molecular complexity index is 762. The van der Waals surface area contributed by atoms with Crippen LogP contribution in [0, 0.1) is 18.3 Å². The molecule has 0 aliphatic carbocycles. The fourth-order valence-corrected chi connectivity index (χ4v) is 2.95. The molecular weight excluding hydrogens is 294 g/mol. The van der Waals surface area contributed by atoms with Gasteiger partial charge in [-0.05, 0) is 30.7 Å². The summed E-state index contributed by atoms with van der Waals surface area (Å²) in [6.45, 7) is 4.52. The predicted octanol–water partition coefficient (Wildman–Crippen LogP) is 1.49. The monoisotopic (exact) mass is 311 g/mol. The first-order valence-corrected chi connectivity index (χ1v) is 7.37. The Morgan fingerprint density at radius 3 is 2.74 bits per heavy atom. The van der Waals surface area contributed by atoms with Gasteiger partial charge < -0.3 is 14.7 Å². The van der Waals surface area contributed by atoms with Gasteiger partial charge in [-0.2, -0.15) is 10.2 Å². The standard InChI is InChI=1S/C16H17N5O2/c1-11(22)19-16(15-18-12(2)23-20-15)7-8-21(10-16)14-5-3-13(9-17)4-6-14/h3-6H,7-8,10H2,1-2H3,(H,19,22)/t16-/m0/s1. The van der Waals surface area contributed by atoms with Crippen molar-refractivity contribution >= 4 is 11.6 Å². The van der Waals surface area contributed by atoms with Gasteiger partial charge in [0.25, 0.3) is 0 Å². The number of nitrogens with one attached hydrogen (secondary N) is 1. The molecule has 2 aromatic rings. The van der Waals surface area contributed by atoms with Gasteiger partial charge in [0.15, 0.2) is 5.82 Å². The molecule has 7 heteroatoms. The van der Waals surface area contributed by atoms with Crippen molar-refractivity contribution in [2.24, 2.45) is 0 Å². The lowest BCUT2D eigenvalue weighted by Crippen LogP contribution is -2.48. The number of nitriles is 1. The molecule has 1 aromatic carbocycles. The molecule has 1 N–H and O–H groups in total. The molecule has 1 aliphatic rings. The molecule has 1 amide bonds. The maximum Gasteiger partial charge on any atom is 0.223 e. The highest BCUT2D eigenvalue weighted by atomic mass is 16.5. The number of carbonyl (C=O) groups excluding carboxylic acids is 1. The summed E-state index contributed by atoms with van der Waals surface area (Å²) in [5, 5.41) is 15.9. The molecule has 0 saturated carbocycles. The smallest absolute Gasteiger partial charge is 0.223 e. The zero-order chi connectivity index (χ0) is 16.4. The molecule has 1 atom stereocenters. The second-order valence-electron chi connectivity index (χ2n) is 5.73. The van der Waals surface area contributed by atoms with Gasteiger partial charge in [-0.3, -0.25) is 4.79 Å². The molecule has 2 heterocycles.